The van der Waals surface area contributed by atoms with Crippen LogP contribution in [0.4, 0.5) is 9.59 Å². The quantitative estimate of drug-likeness (QED) is 0.129. The molecule has 2 unspecified atom stereocenters. The summed E-state index contributed by atoms with van der Waals surface area (Å²) in [5.74, 6) is -2.52. The Morgan fingerprint density at radius 1 is 0.712 bits per heavy atom. The lowest BCUT2D eigenvalue weighted by Gasteiger charge is -2.54. The Labute approximate surface area is 387 Å². The van der Waals surface area contributed by atoms with Gasteiger partial charge in [-0.2, -0.15) is 0 Å². The van der Waals surface area contributed by atoms with Gasteiger partial charge in [0, 0.05) is 43.9 Å². The molecule has 5 N–H and O–H groups in total. The molecule has 3 fully saturated rings. The molecule has 2 aliphatic heterocycles. The third-order valence-electron chi connectivity index (χ3n) is 12.4. The van der Waals surface area contributed by atoms with Crippen LogP contribution in [0.15, 0.2) is 91.0 Å². The second kappa shape index (κ2) is 21.2. The first-order chi connectivity index (χ1) is 31.3. The summed E-state index contributed by atoms with van der Waals surface area (Å²) in [4.78, 5) is 97.8. The number of nitrogens with one attached hydrogen (secondary N) is 5. The van der Waals surface area contributed by atoms with Crippen molar-refractivity contribution in [2.24, 2.45) is 11.3 Å². The van der Waals surface area contributed by atoms with Gasteiger partial charge in [-0.1, -0.05) is 105 Å². The van der Waals surface area contributed by atoms with E-state index in [2.05, 4.69) is 26.6 Å². The first-order valence-corrected chi connectivity index (χ1v) is 22.9. The molecule has 1 aliphatic carbocycles. The van der Waals surface area contributed by atoms with Crippen molar-refractivity contribution in [1.29, 1.82) is 0 Å². The molecule has 0 aromatic heterocycles. The minimum absolute atomic E-state index is 0.0153. The number of alkyl carbamates (subject to hydrolysis) is 2. The van der Waals surface area contributed by atoms with Gasteiger partial charge in [-0.25, -0.2) is 9.59 Å². The van der Waals surface area contributed by atoms with Gasteiger partial charge in [-0.3, -0.25) is 24.0 Å². The second-order valence-electron chi connectivity index (χ2n) is 19.4. The molecule has 16 nitrogen and oxygen atoms in total. The zero-order valence-corrected chi connectivity index (χ0v) is 38.9. The van der Waals surface area contributed by atoms with Gasteiger partial charge >= 0.3 is 12.2 Å². The van der Waals surface area contributed by atoms with Crippen molar-refractivity contribution >= 4 is 41.7 Å². The molecular weight excluding hydrogens is 843 g/mol. The van der Waals surface area contributed by atoms with Gasteiger partial charge in [0.15, 0.2) is 0 Å². The van der Waals surface area contributed by atoms with Crippen molar-refractivity contribution in [3.8, 4) is 0 Å². The number of ether oxygens (including phenoxy) is 2. The van der Waals surface area contributed by atoms with Crippen LogP contribution in [0.25, 0.3) is 0 Å². The summed E-state index contributed by atoms with van der Waals surface area (Å²) in [7, 11) is 0. The lowest BCUT2D eigenvalue weighted by Crippen LogP contribution is -2.64. The summed E-state index contributed by atoms with van der Waals surface area (Å²) < 4.78 is 10.8. The zero-order chi connectivity index (χ0) is 47.6. The second-order valence-corrected chi connectivity index (χ2v) is 19.4. The number of carbonyl (C=O) groups excluding carboxylic acids is 7. The van der Waals surface area contributed by atoms with Crippen LogP contribution in [0, 0.1) is 11.3 Å². The third-order valence-corrected chi connectivity index (χ3v) is 12.4. The van der Waals surface area contributed by atoms with Crippen LogP contribution in [0.3, 0.4) is 0 Å². The van der Waals surface area contributed by atoms with E-state index in [0.29, 0.717) is 39.0 Å². The summed E-state index contributed by atoms with van der Waals surface area (Å²) in [5.41, 5.74) is 0.121. The van der Waals surface area contributed by atoms with Crippen LogP contribution < -0.4 is 26.6 Å². The molecule has 2 heterocycles. The maximum Gasteiger partial charge on any atom is 0.408 e. The number of nitrogens with zero attached hydrogens (tertiary/aromatic N) is 2. The number of likely N-dealkylation sites (tertiary alicyclic amines) is 2. The standard InChI is InChI=1S/C50H65N7O9/c1-33(2)26-39(42(59)51-29-41(58)57-31-49(32-57)22-24-56(25-23-49)44(61)34(3)52-46(63)65-30-36-18-12-8-13-19-36)53-43(60)40(27-35-16-10-7-11-17-35)54-45(62)50(55-47(64)66-48(4,5)6)28-38(50)37-20-14-9-15-21-37/h7-21,33-34,38-40H,22-32H2,1-6H3,(H,51,59)(H,52,63)(H,53,60)(H,54,62)(H,55,64)/t34-,38?,39-,40-,50?/m1/s1. The molecule has 6 rings (SSSR count). The Balaban J connectivity index is 1.02. The Morgan fingerprint density at radius 2 is 1.30 bits per heavy atom. The lowest BCUT2D eigenvalue weighted by molar-refractivity contribution is -0.150. The monoisotopic (exact) mass is 907 g/mol. The smallest absolute Gasteiger partial charge is 0.408 e. The molecule has 3 aliphatic rings. The Morgan fingerprint density at radius 3 is 1.89 bits per heavy atom. The van der Waals surface area contributed by atoms with Gasteiger partial charge in [0.1, 0.15) is 35.9 Å². The molecule has 16 heteroatoms. The van der Waals surface area contributed by atoms with E-state index in [1.807, 2.05) is 105 Å². The van der Waals surface area contributed by atoms with E-state index in [9.17, 15) is 33.6 Å². The first-order valence-electron chi connectivity index (χ1n) is 22.9. The molecule has 0 bridgehead atoms. The molecule has 3 aromatic carbocycles. The molecule has 2 saturated heterocycles. The van der Waals surface area contributed by atoms with Crippen molar-refractivity contribution in [3.63, 3.8) is 0 Å². The Hall–Kier alpha value is -6.45. The van der Waals surface area contributed by atoms with Crippen LogP contribution in [0.2, 0.25) is 0 Å². The van der Waals surface area contributed by atoms with Crippen molar-refractivity contribution in [2.75, 3.05) is 32.7 Å². The molecular formula is C50H65N7O9. The maximum atomic E-state index is 14.4. The number of rotatable bonds is 17. The van der Waals surface area contributed by atoms with Gasteiger partial charge in [0.25, 0.3) is 0 Å². The molecule has 3 aromatic rings. The fraction of sp³-hybridized carbons (Fsp3) is 0.500. The largest absolute Gasteiger partial charge is 0.445 e. The highest BCUT2D eigenvalue weighted by Crippen LogP contribution is 2.52. The normalized spacial score (nSPS) is 19.8. The Bertz CT molecular complexity index is 2190. The fourth-order valence-electron chi connectivity index (χ4n) is 8.74. The van der Waals surface area contributed by atoms with Gasteiger partial charge < -0.3 is 45.9 Å². The lowest BCUT2D eigenvalue weighted by atomic mass is 9.72. The zero-order valence-electron chi connectivity index (χ0n) is 38.9. The van der Waals surface area contributed by atoms with E-state index >= 15 is 0 Å². The average molecular weight is 908 g/mol. The highest BCUT2D eigenvalue weighted by Gasteiger charge is 2.62. The van der Waals surface area contributed by atoms with Crippen molar-refractivity contribution in [1.82, 2.24) is 36.4 Å². The maximum absolute atomic E-state index is 14.4. The van der Waals surface area contributed by atoms with Crippen LogP contribution in [-0.4, -0.2) is 114 Å². The van der Waals surface area contributed by atoms with E-state index in [1.165, 1.54) is 0 Å². The average Bonchev–Trinajstić information content (AvgIpc) is 4.00. The number of hydrogen-bond donors (Lipinski definition) is 5. The van der Waals surface area contributed by atoms with Gasteiger partial charge in [-0.15, -0.1) is 0 Å². The summed E-state index contributed by atoms with van der Waals surface area (Å²) in [5, 5.41) is 14.0. The van der Waals surface area contributed by atoms with Crippen LogP contribution in [-0.2, 0) is 46.5 Å². The summed E-state index contributed by atoms with van der Waals surface area (Å²) in [6, 6.07) is 24.9. The van der Waals surface area contributed by atoms with Crippen molar-refractivity contribution < 1.29 is 43.0 Å². The van der Waals surface area contributed by atoms with Crippen LogP contribution >= 0.6 is 0 Å². The number of hydrogen-bond acceptors (Lipinski definition) is 9. The Kier molecular flexibility index (Phi) is 15.8. The topological polar surface area (TPSA) is 205 Å². The first kappa shape index (κ1) is 49.0. The van der Waals surface area contributed by atoms with E-state index in [-0.39, 0.29) is 61.5 Å². The minimum atomic E-state index is -1.38. The molecule has 7 amide bonds. The van der Waals surface area contributed by atoms with Gasteiger partial charge in [0.2, 0.25) is 29.5 Å². The summed E-state index contributed by atoms with van der Waals surface area (Å²) in [6.45, 7) is 12.4. The van der Waals surface area contributed by atoms with E-state index in [1.54, 1.807) is 37.5 Å². The van der Waals surface area contributed by atoms with Crippen molar-refractivity contribution in [2.45, 2.75) is 115 Å². The summed E-state index contributed by atoms with van der Waals surface area (Å²) >= 11 is 0. The molecule has 66 heavy (non-hydrogen) atoms. The highest BCUT2D eigenvalue weighted by molar-refractivity contribution is 5.99. The predicted molar refractivity (Wildman–Crippen MR) is 246 cm³/mol. The minimum Gasteiger partial charge on any atom is -0.445 e. The molecule has 354 valence electrons. The number of amides is 7. The van der Waals surface area contributed by atoms with E-state index in [4.69, 9.17) is 9.47 Å². The number of benzene rings is 3. The van der Waals surface area contributed by atoms with Gasteiger partial charge in [0.05, 0.1) is 6.54 Å². The van der Waals surface area contributed by atoms with Crippen LogP contribution in [0.5, 0.6) is 0 Å². The van der Waals surface area contributed by atoms with Crippen molar-refractivity contribution in [3.05, 3.63) is 108 Å². The molecule has 0 radical (unpaired) electrons. The van der Waals surface area contributed by atoms with Gasteiger partial charge in [-0.05, 0) is 76.0 Å². The van der Waals surface area contributed by atoms with E-state index < -0.39 is 59.2 Å². The number of piperidine rings is 1. The third kappa shape index (κ3) is 13.1. The SMILES string of the molecule is CC(C)C[C@@H](NC(=O)[C@@H](Cc1ccccc1)NC(=O)C1(NC(=O)OC(C)(C)C)CC1c1ccccc1)C(=O)NCC(=O)N1CC2(CCN(C(=O)[C@@H](C)NC(=O)OCc3ccccc3)CC2)C1. The number of carbonyl (C=O) groups is 7. The molecule has 1 saturated carbocycles. The predicted octanol–water partition coefficient (Wildman–Crippen LogP) is 4.58. The van der Waals surface area contributed by atoms with E-state index in [0.717, 1.165) is 16.7 Å². The summed E-state index contributed by atoms with van der Waals surface area (Å²) in [6.07, 6.45) is 0.613. The molecule has 1 spiro atoms. The van der Waals surface area contributed by atoms with Crippen LogP contribution in [0.1, 0.15) is 89.8 Å². The highest BCUT2D eigenvalue weighted by atomic mass is 16.6. The fourth-order valence-corrected chi connectivity index (χ4v) is 8.74. The molecule has 5 atom stereocenters.